The highest BCUT2D eigenvalue weighted by Crippen LogP contribution is 2.23. The fourth-order valence-corrected chi connectivity index (χ4v) is 2.06. The SMILES string of the molecule is CCOC(=O)C1C(C)CCCC(=O)N1C. The van der Waals surface area contributed by atoms with Crippen LogP contribution in [0.1, 0.15) is 33.1 Å². The Kier molecular flexibility index (Phi) is 4.12. The molecule has 1 aliphatic heterocycles. The molecule has 2 unspecified atom stereocenters. The van der Waals surface area contributed by atoms with Crippen molar-refractivity contribution in [2.45, 2.75) is 39.2 Å². The summed E-state index contributed by atoms with van der Waals surface area (Å²) in [7, 11) is 1.69. The lowest BCUT2D eigenvalue weighted by molar-refractivity contribution is -0.155. The Balaban J connectivity index is 2.79. The maximum atomic E-state index is 11.7. The first-order valence-corrected chi connectivity index (χ1v) is 5.50. The predicted octanol–water partition coefficient (Wildman–Crippen LogP) is 1.20. The van der Waals surface area contributed by atoms with Gasteiger partial charge in [0.15, 0.2) is 0 Å². The molecule has 0 aromatic carbocycles. The average Bonchev–Trinajstić information content (AvgIpc) is 2.28. The highest BCUT2D eigenvalue weighted by atomic mass is 16.5. The minimum absolute atomic E-state index is 0.0393. The average molecular weight is 213 g/mol. The molecule has 0 aromatic rings. The first-order chi connectivity index (χ1) is 7.07. The first kappa shape index (κ1) is 12.0. The topological polar surface area (TPSA) is 46.6 Å². The number of carbonyl (C=O) groups is 2. The van der Waals surface area contributed by atoms with Crippen LogP contribution in [0, 0.1) is 5.92 Å². The van der Waals surface area contributed by atoms with E-state index < -0.39 is 6.04 Å². The van der Waals surface area contributed by atoms with E-state index in [-0.39, 0.29) is 17.8 Å². The van der Waals surface area contributed by atoms with E-state index in [9.17, 15) is 9.59 Å². The van der Waals surface area contributed by atoms with E-state index in [0.29, 0.717) is 13.0 Å². The molecule has 1 saturated heterocycles. The van der Waals surface area contributed by atoms with E-state index in [1.807, 2.05) is 6.92 Å². The molecule has 15 heavy (non-hydrogen) atoms. The number of hydrogen-bond acceptors (Lipinski definition) is 3. The summed E-state index contributed by atoms with van der Waals surface area (Å²) in [6.45, 7) is 4.14. The molecule has 0 radical (unpaired) electrons. The second-order valence-electron chi connectivity index (χ2n) is 4.07. The van der Waals surface area contributed by atoms with Gasteiger partial charge in [0.2, 0.25) is 5.91 Å². The number of hydrogen-bond donors (Lipinski definition) is 0. The van der Waals surface area contributed by atoms with Crippen molar-refractivity contribution >= 4 is 11.9 Å². The molecule has 1 rings (SSSR count). The zero-order valence-corrected chi connectivity index (χ0v) is 9.66. The van der Waals surface area contributed by atoms with Gasteiger partial charge in [-0.25, -0.2) is 4.79 Å². The highest BCUT2D eigenvalue weighted by molar-refractivity contribution is 5.85. The van der Waals surface area contributed by atoms with Crippen LogP contribution in [0.2, 0.25) is 0 Å². The molecule has 2 atom stereocenters. The monoisotopic (exact) mass is 213 g/mol. The van der Waals surface area contributed by atoms with Crippen molar-refractivity contribution < 1.29 is 14.3 Å². The van der Waals surface area contributed by atoms with E-state index in [1.54, 1.807) is 14.0 Å². The molecule has 4 heteroatoms. The predicted molar refractivity (Wildman–Crippen MR) is 56.2 cm³/mol. The van der Waals surface area contributed by atoms with Crippen LogP contribution in [0.25, 0.3) is 0 Å². The Labute approximate surface area is 90.6 Å². The summed E-state index contributed by atoms with van der Waals surface area (Å²) in [5, 5.41) is 0. The van der Waals surface area contributed by atoms with Crippen molar-refractivity contribution in [2.24, 2.45) is 5.92 Å². The van der Waals surface area contributed by atoms with Gasteiger partial charge in [0, 0.05) is 13.5 Å². The number of esters is 1. The van der Waals surface area contributed by atoms with E-state index in [4.69, 9.17) is 4.74 Å². The van der Waals surface area contributed by atoms with E-state index in [1.165, 1.54) is 4.90 Å². The van der Waals surface area contributed by atoms with Crippen molar-refractivity contribution in [3.8, 4) is 0 Å². The van der Waals surface area contributed by atoms with Gasteiger partial charge in [-0.2, -0.15) is 0 Å². The largest absolute Gasteiger partial charge is 0.464 e. The minimum Gasteiger partial charge on any atom is -0.464 e. The van der Waals surface area contributed by atoms with Crippen molar-refractivity contribution in [3.05, 3.63) is 0 Å². The summed E-state index contributed by atoms with van der Waals surface area (Å²) in [5.41, 5.74) is 0. The summed E-state index contributed by atoms with van der Waals surface area (Å²) >= 11 is 0. The lowest BCUT2D eigenvalue weighted by Crippen LogP contribution is -2.45. The van der Waals surface area contributed by atoms with Crippen molar-refractivity contribution in [1.29, 1.82) is 0 Å². The number of likely N-dealkylation sites (tertiary alicyclic amines) is 1. The molecule has 0 aromatic heterocycles. The number of amides is 1. The van der Waals surface area contributed by atoms with Crippen LogP contribution < -0.4 is 0 Å². The number of ether oxygens (including phenoxy) is 1. The molecular formula is C11H19NO3. The molecule has 1 fully saturated rings. The van der Waals surface area contributed by atoms with Crippen LogP contribution in [0.5, 0.6) is 0 Å². The van der Waals surface area contributed by atoms with Crippen molar-refractivity contribution in [2.75, 3.05) is 13.7 Å². The van der Waals surface area contributed by atoms with E-state index >= 15 is 0 Å². The standard InChI is InChI=1S/C11H19NO3/c1-4-15-11(14)10-8(2)6-5-7-9(13)12(10)3/h8,10H,4-7H2,1-3H3. The van der Waals surface area contributed by atoms with Crippen molar-refractivity contribution in [3.63, 3.8) is 0 Å². The summed E-state index contributed by atoms with van der Waals surface area (Å²) in [5.74, 6) is -0.0550. The van der Waals surface area contributed by atoms with Gasteiger partial charge in [-0.15, -0.1) is 0 Å². The van der Waals surface area contributed by atoms with Crippen LogP contribution in [-0.2, 0) is 14.3 Å². The second kappa shape index (κ2) is 5.14. The Bertz CT molecular complexity index is 252. The molecular weight excluding hydrogens is 194 g/mol. The minimum atomic E-state index is -0.403. The van der Waals surface area contributed by atoms with E-state index in [0.717, 1.165) is 12.8 Å². The van der Waals surface area contributed by atoms with Crippen LogP contribution >= 0.6 is 0 Å². The molecule has 0 bridgehead atoms. The van der Waals surface area contributed by atoms with Gasteiger partial charge in [0.25, 0.3) is 0 Å². The van der Waals surface area contributed by atoms with Crippen LogP contribution in [-0.4, -0.2) is 36.5 Å². The van der Waals surface area contributed by atoms with Gasteiger partial charge in [0.1, 0.15) is 6.04 Å². The van der Waals surface area contributed by atoms with Crippen LogP contribution in [0.15, 0.2) is 0 Å². The van der Waals surface area contributed by atoms with Gasteiger partial charge in [0.05, 0.1) is 6.61 Å². The summed E-state index contributed by atoms with van der Waals surface area (Å²) in [6, 6.07) is -0.403. The second-order valence-corrected chi connectivity index (χ2v) is 4.07. The summed E-state index contributed by atoms with van der Waals surface area (Å²) < 4.78 is 4.99. The maximum Gasteiger partial charge on any atom is 0.329 e. The van der Waals surface area contributed by atoms with Crippen LogP contribution in [0.4, 0.5) is 0 Å². The van der Waals surface area contributed by atoms with E-state index in [2.05, 4.69) is 0 Å². The smallest absolute Gasteiger partial charge is 0.329 e. The zero-order chi connectivity index (χ0) is 11.4. The lowest BCUT2D eigenvalue weighted by Gasteiger charge is -2.28. The molecule has 1 amide bonds. The molecule has 86 valence electrons. The molecule has 0 aliphatic carbocycles. The van der Waals surface area contributed by atoms with Gasteiger partial charge in [-0.05, 0) is 25.7 Å². The molecule has 0 N–H and O–H groups in total. The number of nitrogens with zero attached hydrogens (tertiary/aromatic N) is 1. The molecule has 0 saturated carbocycles. The third kappa shape index (κ3) is 2.70. The molecule has 4 nitrogen and oxygen atoms in total. The third-order valence-corrected chi connectivity index (χ3v) is 2.93. The summed E-state index contributed by atoms with van der Waals surface area (Å²) in [6.07, 6.45) is 2.30. The summed E-state index contributed by atoms with van der Waals surface area (Å²) in [4.78, 5) is 24.8. The Hall–Kier alpha value is -1.06. The van der Waals surface area contributed by atoms with Crippen molar-refractivity contribution in [1.82, 2.24) is 4.90 Å². The number of likely N-dealkylation sites (N-methyl/N-ethyl adjacent to an activating group) is 1. The van der Waals surface area contributed by atoms with Gasteiger partial charge < -0.3 is 9.64 Å². The van der Waals surface area contributed by atoms with Gasteiger partial charge in [-0.1, -0.05) is 6.92 Å². The normalized spacial score (nSPS) is 27.4. The molecule has 1 aliphatic rings. The Morgan fingerprint density at radius 2 is 2.27 bits per heavy atom. The quantitative estimate of drug-likeness (QED) is 0.647. The third-order valence-electron chi connectivity index (χ3n) is 2.93. The zero-order valence-electron chi connectivity index (χ0n) is 9.66. The number of rotatable bonds is 2. The Morgan fingerprint density at radius 3 is 2.87 bits per heavy atom. The first-order valence-electron chi connectivity index (χ1n) is 5.50. The maximum absolute atomic E-state index is 11.7. The lowest BCUT2D eigenvalue weighted by atomic mass is 9.97. The van der Waals surface area contributed by atoms with Gasteiger partial charge >= 0.3 is 5.97 Å². The highest BCUT2D eigenvalue weighted by Gasteiger charge is 2.34. The van der Waals surface area contributed by atoms with Gasteiger partial charge in [-0.3, -0.25) is 4.79 Å². The fraction of sp³-hybridized carbons (Fsp3) is 0.818. The number of carbonyl (C=O) groups excluding carboxylic acids is 2. The Morgan fingerprint density at radius 1 is 1.60 bits per heavy atom. The molecule has 1 heterocycles. The van der Waals surface area contributed by atoms with Crippen LogP contribution in [0.3, 0.4) is 0 Å². The molecule has 0 spiro atoms. The fourth-order valence-electron chi connectivity index (χ4n) is 2.06.